The molecule has 0 saturated heterocycles. The van der Waals surface area contributed by atoms with Crippen molar-refractivity contribution in [2.75, 3.05) is 5.32 Å². The Morgan fingerprint density at radius 1 is 1.04 bits per heavy atom. The van der Waals surface area contributed by atoms with Crippen LogP contribution in [-0.4, -0.2) is 26.6 Å². The fourth-order valence-corrected chi connectivity index (χ4v) is 2.58. The molecule has 7 heteroatoms. The first-order valence-corrected chi connectivity index (χ1v) is 8.67. The molecule has 1 aromatic carbocycles. The summed E-state index contributed by atoms with van der Waals surface area (Å²) in [6.45, 7) is 0.386. The number of aryl methyl sites for hydroxylation is 2. The lowest BCUT2D eigenvalue weighted by atomic mass is 10.1. The maximum atomic E-state index is 12.3. The van der Waals surface area contributed by atoms with Crippen LogP contribution in [-0.2, 0) is 24.8 Å². The van der Waals surface area contributed by atoms with Crippen molar-refractivity contribution in [1.82, 2.24) is 20.1 Å². The summed E-state index contributed by atoms with van der Waals surface area (Å²) in [7, 11) is 1.69. The van der Waals surface area contributed by atoms with Gasteiger partial charge in [0.2, 0.25) is 5.91 Å². The molecule has 0 unspecified atom stereocenters. The molecule has 0 aliphatic carbocycles. The average Bonchev–Trinajstić information content (AvgIpc) is 3.06. The van der Waals surface area contributed by atoms with E-state index in [0.717, 1.165) is 11.1 Å². The van der Waals surface area contributed by atoms with Gasteiger partial charge in [-0.25, -0.2) is 0 Å². The van der Waals surface area contributed by atoms with E-state index in [-0.39, 0.29) is 17.5 Å². The molecule has 2 amide bonds. The number of carbonyl (C=O) groups excluding carboxylic acids is 2. The largest absolute Gasteiger partial charge is 0.347 e. The molecule has 0 aliphatic rings. The van der Waals surface area contributed by atoms with E-state index in [0.29, 0.717) is 25.2 Å². The number of hydrogen-bond acceptors (Lipinski definition) is 4. The van der Waals surface area contributed by atoms with Crippen molar-refractivity contribution in [1.29, 1.82) is 0 Å². The van der Waals surface area contributed by atoms with Crippen LogP contribution in [0, 0.1) is 0 Å². The monoisotopic (exact) mass is 363 g/mol. The first kappa shape index (κ1) is 18.3. The number of nitrogens with one attached hydrogen (secondary N) is 2. The lowest BCUT2D eigenvalue weighted by molar-refractivity contribution is -0.116. The Morgan fingerprint density at radius 3 is 2.52 bits per heavy atom. The van der Waals surface area contributed by atoms with Gasteiger partial charge in [-0.2, -0.15) is 5.10 Å². The number of anilines is 1. The molecule has 2 N–H and O–H groups in total. The summed E-state index contributed by atoms with van der Waals surface area (Å²) < 4.78 is 1.49. The molecule has 0 fully saturated rings. The Morgan fingerprint density at radius 2 is 1.78 bits per heavy atom. The number of rotatable bonds is 7. The van der Waals surface area contributed by atoms with Crippen molar-refractivity contribution in [3.05, 3.63) is 77.7 Å². The molecule has 2 aromatic heterocycles. The number of hydrogen-bond donors (Lipinski definition) is 2. The molecule has 0 saturated carbocycles. The predicted molar refractivity (Wildman–Crippen MR) is 102 cm³/mol. The number of aromatic nitrogens is 3. The van der Waals surface area contributed by atoms with Gasteiger partial charge in [-0.05, 0) is 29.7 Å². The minimum atomic E-state index is -0.299. The van der Waals surface area contributed by atoms with Crippen molar-refractivity contribution in [3.63, 3.8) is 0 Å². The Labute approximate surface area is 157 Å². The van der Waals surface area contributed by atoms with Crippen LogP contribution >= 0.6 is 0 Å². The van der Waals surface area contributed by atoms with Gasteiger partial charge < -0.3 is 10.6 Å². The topological polar surface area (TPSA) is 88.9 Å². The molecule has 0 spiro atoms. The second-order valence-corrected chi connectivity index (χ2v) is 6.11. The molecule has 0 atom stereocenters. The molecule has 3 aromatic rings. The van der Waals surface area contributed by atoms with Gasteiger partial charge in [0.15, 0.2) is 5.69 Å². The van der Waals surface area contributed by atoms with Crippen LogP contribution in [0.2, 0.25) is 0 Å². The molecule has 2 heterocycles. The fourth-order valence-electron chi connectivity index (χ4n) is 2.58. The van der Waals surface area contributed by atoms with Crippen LogP contribution in [0.15, 0.2) is 60.9 Å². The SMILES string of the molecule is Cn1nc(C(=O)NCc2ccncc2)cc1NC(=O)CCc1ccccc1. The summed E-state index contributed by atoms with van der Waals surface area (Å²) in [4.78, 5) is 28.4. The van der Waals surface area contributed by atoms with Gasteiger partial charge in [0.1, 0.15) is 5.82 Å². The predicted octanol–water partition coefficient (Wildman–Crippen LogP) is 2.32. The van der Waals surface area contributed by atoms with Gasteiger partial charge in [0.25, 0.3) is 5.91 Å². The van der Waals surface area contributed by atoms with Crippen molar-refractivity contribution in [3.8, 4) is 0 Å². The maximum absolute atomic E-state index is 12.3. The third-order valence-electron chi connectivity index (χ3n) is 4.07. The normalized spacial score (nSPS) is 10.4. The van der Waals surface area contributed by atoms with Crippen LogP contribution in [0.4, 0.5) is 5.82 Å². The standard InChI is InChI=1S/C20H21N5O2/c1-25-18(23-19(26)8-7-15-5-3-2-4-6-15)13-17(24-25)20(27)22-14-16-9-11-21-12-10-16/h2-6,9-13H,7-8,14H2,1H3,(H,22,27)(H,23,26). The molecule has 0 aliphatic heterocycles. The van der Waals surface area contributed by atoms with Crippen LogP contribution in [0.5, 0.6) is 0 Å². The molecule has 0 bridgehead atoms. The van der Waals surface area contributed by atoms with Crippen molar-refractivity contribution in [2.24, 2.45) is 7.05 Å². The molecule has 138 valence electrons. The quantitative estimate of drug-likeness (QED) is 0.674. The number of pyridine rings is 1. The van der Waals surface area contributed by atoms with Crippen LogP contribution in [0.25, 0.3) is 0 Å². The van der Waals surface area contributed by atoms with Crippen LogP contribution < -0.4 is 10.6 Å². The molecule has 7 nitrogen and oxygen atoms in total. The zero-order valence-electron chi connectivity index (χ0n) is 15.1. The maximum Gasteiger partial charge on any atom is 0.272 e. The van der Waals surface area contributed by atoms with Gasteiger partial charge in [-0.15, -0.1) is 0 Å². The highest BCUT2D eigenvalue weighted by molar-refractivity contribution is 5.95. The Kier molecular flexibility index (Phi) is 5.94. The second-order valence-electron chi connectivity index (χ2n) is 6.11. The highest BCUT2D eigenvalue weighted by Crippen LogP contribution is 2.11. The van der Waals surface area contributed by atoms with Gasteiger partial charge in [0, 0.05) is 38.5 Å². The fraction of sp³-hybridized carbons (Fsp3) is 0.200. The molecule has 3 rings (SSSR count). The number of benzene rings is 1. The van der Waals surface area contributed by atoms with E-state index in [1.165, 1.54) is 4.68 Å². The second kappa shape index (κ2) is 8.75. The Balaban J connectivity index is 1.54. The zero-order chi connectivity index (χ0) is 19.1. The highest BCUT2D eigenvalue weighted by Gasteiger charge is 2.14. The van der Waals surface area contributed by atoms with E-state index in [2.05, 4.69) is 20.7 Å². The summed E-state index contributed by atoms with van der Waals surface area (Å²) >= 11 is 0. The first-order chi connectivity index (χ1) is 13.1. The van der Waals surface area contributed by atoms with E-state index in [1.54, 1.807) is 25.5 Å². The van der Waals surface area contributed by atoms with E-state index in [1.807, 2.05) is 42.5 Å². The number of nitrogens with zero attached hydrogens (tertiary/aromatic N) is 3. The summed E-state index contributed by atoms with van der Waals surface area (Å²) in [5.74, 6) is 0.0694. The third-order valence-corrected chi connectivity index (χ3v) is 4.07. The molecular formula is C20H21N5O2. The van der Waals surface area contributed by atoms with E-state index < -0.39 is 0 Å². The number of amides is 2. The van der Waals surface area contributed by atoms with Crippen molar-refractivity contribution in [2.45, 2.75) is 19.4 Å². The first-order valence-electron chi connectivity index (χ1n) is 8.67. The molecule has 27 heavy (non-hydrogen) atoms. The minimum Gasteiger partial charge on any atom is -0.347 e. The Bertz CT molecular complexity index is 907. The third kappa shape index (κ3) is 5.24. The average molecular weight is 363 g/mol. The smallest absolute Gasteiger partial charge is 0.272 e. The van der Waals surface area contributed by atoms with E-state index in [4.69, 9.17) is 0 Å². The minimum absolute atomic E-state index is 0.120. The zero-order valence-corrected chi connectivity index (χ0v) is 15.1. The van der Waals surface area contributed by atoms with Crippen molar-refractivity contribution >= 4 is 17.6 Å². The van der Waals surface area contributed by atoms with Gasteiger partial charge in [-0.3, -0.25) is 19.3 Å². The van der Waals surface area contributed by atoms with Gasteiger partial charge in [0.05, 0.1) is 0 Å². The summed E-state index contributed by atoms with van der Waals surface area (Å²) in [5, 5.41) is 9.78. The molecular weight excluding hydrogens is 342 g/mol. The molecule has 0 radical (unpaired) electrons. The van der Waals surface area contributed by atoms with E-state index >= 15 is 0 Å². The van der Waals surface area contributed by atoms with Gasteiger partial charge in [-0.1, -0.05) is 30.3 Å². The van der Waals surface area contributed by atoms with Crippen LogP contribution in [0.3, 0.4) is 0 Å². The van der Waals surface area contributed by atoms with Crippen molar-refractivity contribution < 1.29 is 9.59 Å². The summed E-state index contributed by atoms with van der Waals surface area (Å²) in [5.41, 5.74) is 2.31. The summed E-state index contributed by atoms with van der Waals surface area (Å²) in [6.07, 6.45) is 4.36. The van der Waals surface area contributed by atoms with E-state index in [9.17, 15) is 9.59 Å². The lowest BCUT2D eigenvalue weighted by Crippen LogP contribution is -2.23. The Hall–Kier alpha value is -3.48. The van der Waals surface area contributed by atoms with Crippen LogP contribution in [0.1, 0.15) is 28.0 Å². The highest BCUT2D eigenvalue weighted by atomic mass is 16.2. The summed E-state index contributed by atoms with van der Waals surface area (Å²) in [6, 6.07) is 15.1. The lowest BCUT2D eigenvalue weighted by Gasteiger charge is -2.05. The number of carbonyl (C=O) groups is 2. The van der Waals surface area contributed by atoms with Gasteiger partial charge >= 0.3 is 0 Å².